The molecule has 4 rings (SSSR count). The van der Waals surface area contributed by atoms with Crippen LogP contribution in [0.2, 0.25) is 0 Å². The quantitative estimate of drug-likeness (QED) is 0.624. The van der Waals surface area contributed by atoms with Gasteiger partial charge in [-0.1, -0.05) is 42.5 Å². The lowest BCUT2D eigenvalue weighted by atomic mass is 10.1. The molecule has 30 heavy (non-hydrogen) atoms. The number of aromatic nitrogens is 2. The highest BCUT2D eigenvalue weighted by Crippen LogP contribution is 2.40. The number of nitrogens with zero attached hydrogens (tertiary/aromatic N) is 1. The number of aromatic amines is 1. The molecular weight excluding hydrogens is 398 g/mol. The van der Waals surface area contributed by atoms with Crippen molar-refractivity contribution in [3.05, 3.63) is 81.6 Å². The van der Waals surface area contributed by atoms with E-state index in [1.54, 1.807) is 4.68 Å². The zero-order valence-corrected chi connectivity index (χ0v) is 17.9. The van der Waals surface area contributed by atoms with Crippen LogP contribution in [0.4, 0.5) is 5.82 Å². The second-order valence-electron chi connectivity index (χ2n) is 7.56. The van der Waals surface area contributed by atoms with Crippen molar-refractivity contribution in [2.45, 2.75) is 31.6 Å². The number of rotatable bonds is 6. The normalized spacial score (nSPS) is 16.1. The lowest BCUT2D eigenvalue weighted by Gasteiger charge is -2.15. The summed E-state index contributed by atoms with van der Waals surface area (Å²) in [7, 11) is 0. The second-order valence-corrected chi connectivity index (χ2v) is 8.65. The van der Waals surface area contributed by atoms with E-state index in [0.29, 0.717) is 23.7 Å². The summed E-state index contributed by atoms with van der Waals surface area (Å²) in [5.41, 5.74) is 2.64. The lowest BCUT2D eigenvalue weighted by molar-refractivity contribution is -0.113. The Morgan fingerprint density at radius 2 is 1.83 bits per heavy atom. The average molecular weight is 424 g/mol. The third-order valence-corrected chi connectivity index (χ3v) is 6.34. The van der Waals surface area contributed by atoms with Crippen molar-refractivity contribution in [1.82, 2.24) is 9.78 Å². The predicted octanol–water partition coefficient (Wildman–Crippen LogP) is 4.15. The largest absolute Gasteiger partial charge is 0.493 e. The van der Waals surface area contributed by atoms with Crippen LogP contribution in [0, 0.1) is 0 Å². The highest BCUT2D eigenvalue weighted by Gasteiger charge is 2.30. The number of benzene rings is 2. The van der Waals surface area contributed by atoms with E-state index in [-0.39, 0.29) is 22.8 Å². The molecule has 1 aromatic heterocycles. The number of hydrogen-bond donors (Lipinski definition) is 2. The standard InChI is InChI=1S/C23H25N3O3S/c1-15(2)26-22-20(23(28)25-26)21(30-14-19(27)24-22)17-8-10-18(11-9-17)29-13-12-16-6-4-3-5-7-16/h3-11,15,21H,12-14H2,1-2H3,(H,24,27)(H,25,28)/t21-/m1/s1. The zero-order valence-electron chi connectivity index (χ0n) is 17.1. The molecule has 7 heteroatoms. The molecule has 0 spiro atoms. The van der Waals surface area contributed by atoms with Crippen LogP contribution >= 0.6 is 11.8 Å². The van der Waals surface area contributed by atoms with E-state index in [9.17, 15) is 9.59 Å². The number of ether oxygens (including phenoxy) is 1. The molecular formula is C23H25N3O3S. The maximum absolute atomic E-state index is 12.7. The van der Waals surface area contributed by atoms with Crippen LogP contribution in [-0.2, 0) is 11.2 Å². The minimum atomic E-state index is -0.221. The smallest absolute Gasteiger partial charge is 0.270 e. The van der Waals surface area contributed by atoms with Gasteiger partial charge in [0.05, 0.1) is 23.2 Å². The molecule has 0 fully saturated rings. The lowest BCUT2D eigenvalue weighted by Crippen LogP contribution is -2.17. The molecule has 0 saturated heterocycles. The van der Waals surface area contributed by atoms with Crippen LogP contribution in [0.3, 0.4) is 0 Å². The first kappa shape index (κ1) is 20.3. The van der Waals surface area contributed by atoms with E-state index in [0.717, 1.165) is 17.7 Å². The summed E-state index contributed by atoms with van der Waals surface area (Å²) in [6, 6.07) is 18.1. The fourth-order valence-corrected chi connectivity index (χ4v) is 4.69. The number of fused-ring (bicyclic) bond motifs is 1. The third-order valence-electron chi connectivity index (χ3n) is 5.07. The van der Waals surface area contributed by atoms with Crippen LogP contribution < -0.4 is 15.6 Å². The molecule has 1 aliphatic rings. The first-order valence-corrected chi connectivity index (χ1v) is 11.1. The van der Waals surface area contributed by atoms with Gasteiger partial charge in [0.25, 0.3) is 5.56 Å². The number of amides is 1. The molecule has 1 aliphatic heterocycles. The van der Waals surface area contributed by atoms with Crippen molar-refractivity contribution in [1.29, 1.82) is 0 Å². The van der Waals surface area contributed by atoms with Crippen molar-refractivity contribution < 1.29 is 9.53 Å². The number of anilines is 1. The Labute approximate surface area is 179 Å². The SMILES string of the molecule is CC(C)n1[nH]c(=O)c2c1NC(=O)CS[C@@H]2c1ccc(OCCc2ccccc2)cc1. The Balaban J connectivity index is 1.53. The number of carbonyl (C=O) groups excluding carboxylic acids is 1. The van der Waals surface area contributed by atoms with E-state index in [1.165, 1.54) is 17.3 Å². The summed E-state index contributed by atoms with van der Waals surface area (Å²) in [6.07, 6.45) is 0.844. The van der Waals surface area contributed by atoms with Gasteiger partial charge < -0.3 is 10.1 Å². The average Bonchev–Trinajstić information content (AvgIpc) is 2.95. The topological polar surface area (TPSA) is 76.1 Å². The van der Waals surface area contributed by atoms with Gasteiger partial charge in [0, 0.05) is 12.5 Å². The van der Waals surface area contributed by atoms with Gasteiger partial charge in [0.15, 0.2) is 0 Å². The van der Waals surface area contributed by atoms with Crippen molar-refractivity contribution in [3.8, 4) is 5.75 Å². The van der Waals surface area contributed by atoms with Gasteiger partial charge in [-0.05, 0) is 37.1 Å². The van der Waals surface area contributed by atoms with Gasteiger partial charge in [-0.2, -0.15) is 0 Å². The zero-order chi connectivity index (χ0) is 21.1. The van der Waals surface area contributed by atoms with Gasteiger partial charge in [0.1, 0.15) is 11.6 Å². The number of carbonyl (C=O) groups is 1. The van der Waals surface area contributed by atoms with Crippen LogP contribution in [0.5, 0.6) is 5.75 Å². The number of H-pyrrole nitrogens is 1. The first-order chi connectivity index (χ1) is 14.5. The minimum Gasteiger partial charge on any atom is -0.493 e. The van der Waals surface area contributed by atoms with Crippen molar-refractivity contribution >= 4 is 23.5 Å². The number of nitrogens with one attached hydrogen (secondary N) is 2. The molecule has 0 unspecified atom stereocenters. The van der Waals surface area contributed by atoms with Gasteiger partial charge in [-0.15, -0.1) is 11.8 Å². The van der Waals surface area contributed by atoms with E-state index < -0.39 is 0 Å². The van der Waals surface area contributed by atoms with E-state index in [1.807, 2.05) is 56.3 Å². The molecule has 156 valence electrons. The summed E-state index contributed by atoms with van der Waals surface area (Å²) < 4.78 is 7.61. The molecule has 1 amide bonds. The Kier molecular flexibility index (Phi) is 5.99. The summed E-state index contributed by atoms with van der Waals surface area (Å²) >= 11 is 1.46. The summed E-state index contributed by atoms with van der Waals surface area (Å²) in [6.45, 7) is 4.54. The third kappa shape index (κ3) is 4.31. The molecule has 2 N–H and O–H groups in total. The molecule has 0 radical (unpaired) electrons. The van der Waals surface area contributed by atoms with Crippen molar-refractivity contribution in [2.24, 2.45) is 0 Å². The van der Waals surface area contributed by atoms with Crippen molar-refractivity contribution in [2.75, 3.05) is 17.7 Å². The van der Waals surface area contributed by atoms with E-state index >= 15 is 0 Å². The van der Waals surface area contributed by atoms with Gasteiger partial charge in [0.2, 0.25) is 5.91 Å². The monoisotopic (exact) mass is 423 g/mol. The molecule has 3 aromatic rings. The molecule has 0 aliphatic carbocycles. The van der Waals surface area contributed by atoms with Crippen LogP contribution in [0.1, 0.15) is 41.8 Å². The van der Waals surface area contributed by atoms with Crippen LogP contribution in [0.25, 0.3) is 0 Å². The summed E-state index contributed by atoms with van der Waals surface area (Å²) in [5, 5.41) is 5.54. The van der Waals surface area contributed by atoms with Crippen LogP contribution in [0.15, 0.2) is 59.4 Å². The molecule has 1 atom stereocenters. The van der Waals surface area contributed by atoms with Gasteiger partial charge in [-0.3, -0.25) is 19.4 Å². The maximum Gasteiger partial charge on any atom is 0.270 e. The predicted molar refractivity (Wildman–Crippen MR) is 120 cm³/mol. The highest BCUT2D eigenvalue weighted by molar-refractivity contribution is 8.00. The maximum atomic E-state index is 12.7. The Morgan fingerprint density at radius 3 is 2.53 bits per heavy atom. The fraction of sp³-hybridized carbons (Fsp3) is 0.304. The minimum absolute atomic E-state index is 0.0332. The van der Waals surface area contributed by atoms with E-state index in [4.69, 9.17) is 4.74 Å². The fourth-order valence-electron chi connectivity index (χ4n) is 3.56. The summed E-state index contributed by atoms with van der Waals surface area (Å²) in [4.78, 5) is 24.9. The van der Waals surface area contributed by atoms with Gasteiger partial charge >= 0.3 is 0 Å². The van der Waals surface area contributed by atoms with Gasteiger partial charge in [-0.25, -0.2) is 0 Å². The molecule has 0 bridgehead atoms. The summed E-state index contributed by atoms with van der Waals surface area (Å²) in [5.74, 6) is 1.55. The van der Waals surface area contributed by atoms with Crippen molar-refractivity contribution in [3.63, 3.8) is 0 Å². The second kappa shape index (κ2) is 8.83. The number of hydrogen-bond acceptors (Lipinski definition) is 4. The molecule has 2 heterocycles. The molecule has 6 nitrogen and oxygen atoms in total. The first-order valence-electron chi connectivity index (χ1n) is 10.1. The number of thioether (sulfide) groups is 1. The Hall–Kier alpha value is -2.93. The highest BCUT2D eigenvalue weighted by atomic mass is 32.2. The molecule has 0 saturated carbocycles. The molecule has 2 aromatic carbocycles. The van der Waals surface area contributed by atoms with Crippen LogP contribution in [-0.4, -0.2) is 28.0 Å². The van der Waals surface area contributed by atoms with E-state index in [2.05, 4.69) is 22.5 Å². The Morgan fingerprint density at radius 1 is 1.10 bits per heavy atom. The Bertz CT molecular complexity index is 1070.